The molecule has 3 heteroatoms. The number of nitrogens with zero attached hydrogens (tertiary/aromatic N) is 2. The van der Waals surface area contributed by atoms with Crippen molar-refractivity contribution >= 4 is 17.3 Å². The molecule has 2 rings (SSSR count). The first kappa shape index (κ1) is 8.85. The monoisotopic (exact) mass is 196 g/mol. The summed E-state index contributed by atoms with van der Waals surface area (Å²) in [5, 5.41) is 5.31. The van der Waals surface area contributed by atoms with Gasteiger partial charge in [-0.3, -0.25) is 0 Å². The van der Waals surface area contributed by atoms with Crippen LogP contribution >= 0.6 is 11.6 Å². The molecular formula is C10H13ClN2. The average molecular weight is 197 g/mol. The molecule has 0 N–H and O–H groups in total. The largest absolute Gasteiger partial charge is 0.306 e. The van der Waals surface area contributed by atoms with Crippen LogP contribution in [0.2, 0.25) is 5.02 Å². The normalized spacial score (nSPS) is 18.2. The Kier molecular flexibility index (Phi) is 2.42. The lowest BCUT2D eigenvalue weighted by molar-refractivity contribution is 0.383. The second-order valence-corrected chi connectivity index (χ2v) is 3.77. The topological polar surface area (TPSA) is 6.48 Å². The van der Waals surface area contributed by atoms with Gasteiger partial charge in [-0.25, -0.2) is 5.01 Å². The van der Waals surface area contributed by atoms with Gasteiger partial charge in [0.15, 0.2) is 0 Å². The van der Waals surface area contributed by atoms with Crippen LogP contribution in [0.1, 0.15) is 6.42 Å². The Bertz CT molecular complexity index is 283. The van der Waals surface area contributed by atoms with Gasteiger partial charge >= 0.3 is 0 Å². The number of anilines is 1. The Morgan fingerprint density at radius 3 is 2.38 bits per heavy atom. The van der Waals surface area contributed by atoms with E-state index in [4.69, 9.17) is 11.6 Å². The molecule has 1 saturated heterocycles. The Labute approximate surface area is 83.7 Å². The van der Waals surface area contributed by atoms with Gasteiger partial charge in [0.1, 0.15) is 0 Å². The minimum atomic E-state index is 0.797. The van der Waals surface area contributed by atoms with Gasteiger partial charge in [0, 0.05) is 25.2 Å². The van der Waals surface area contributed by atoms with Crippen molar-refractivity contribution < 1.29 is 0 Å². The molecule has 2 nitrogen and oxygen atoms in total. The lowest BCUT2D eigenvalue weighted by Gasteiger charge is -2.26. The highest BCUT2D eigenvalue weighted by atomic mass is 35.5. The lowest BCUT2D eigenvalue weighted by atomic mass is 10.3. The molecule has 1 aromatic carbocycles. The van der Waals surface area contributed by atoms with Crippen LogP contribution < -0.4 is 5.01 Å². The summed E-state index contributed by atoms with van der Waals surface area (Å²) in [6.07, 6.45) is 1.24. The molecule has 0 unspecified atom stereocenters. The summed E-state index contributed by atoms with van der Waals surface area (Å²) in [6, 6.07) is 7.99. The molecule has 0 aliphatic carbocycles. The third kappa shape index (κ3) is 1.79. The lowest BCUT2D eigenvalue weighted by Crippen LogP contribution is -2.32. The molecule has 0 amide bonds. The van der Waals surface area contributed by atoms with E-state index in [0.717, 1.165) is 18.1 Å². The van der Waals surface area contributed by atoms with Crippen molar-refractivity contribution in [3.05, 3.63) is 29.3 Å². The summed E-state index contributed by atoms with van der Waals surface area (Å²) in [5.74, 6) is 0. The molecule has 0 saturated carbocycles. The summed E-state index contributed by atoms with van der Waals surface area (Å²) in [4.78, 5) is 0. The highest BCUT2D eigenvalue weighted by Gasteiger charge is 2.17. The standard InChI is InChI=1S/C10H13ClN2/c1-12-7-2-8-13(12)10-5-3-9(11)4-6-10/h3-6H,2,7-8H2,1H3. The van der Waals surface area contributed by atoms with Crippen molar-refractivity contribution in [1.29, 1.82) is 0 Å². The smallest absolute Gasteiger partial charge is 0.0523 e. The van der Waals surface area contributed by atoms with E-state index in [1.54, 1.807) is 0 Å². The fourth-order valence-electron chi connectivity index (χ4n) is 1.68. The average Bonchev–Trinajstić information content (AvgIpc) is 2.53. The molecule has 0 bridgehead atoms. The fourth-order valence-corrected chi connectivity index (χ4v) is 1.81. The Balaban J connectivity index is 2.20. The van der Waals surface area contributed by atoms with Gasteiger partial charge in [0.05, 0.1) is 5.69 Å². The maximum atomic E-state index is 5.82. The Hall–Kier alpha value is -0.730. The number of rotatable bonds is 1. The zero-order valence-electron chi connectivity index (χ0n) is 7.70. The number of benzene rings is 1. The van der Waals surface area contributed by atoms with Crippen molar-refractivity contribution in [1.82, 2.24) is 5.01 Å². The predicted molar refractivity (Wildman–Crippen MR) is 56.0 cm³/mol. The van der Waals surface area contributed by atoms with E-state index in [1.165, 1.54) is 12.1 Å². The fraction of sp³-hybridized carbons (Fsp3) is 0.400. The van der Waals surface area contributed by atoms with Gasteiger partial charge in [-0.2, -0.15) is 0 Å². The number of hydrogen-bond donors (Lipinski definition) is 0. The summed E-state index contributed by atoms with van der Waals surface area (Å²) < 4.78 is 0. The van der Waals surface area contributed by atoms with E-state index in [0.29, 0.717) is 0 Å². The molecule has 1 aliphatic heterocycles. The molecular weight excluding hydrogens is 184 g/mol. The van der Waals surface area contributed by atoms with E-state index < -0.39 is 0 Å². The van der Waals surface area contributed by atoms with Gasteiger partial charge in [0.25, 0.3) is 0 Å². The zero-order valence-corrected chi connectivity index (χ0v) is 8.46. The van der Waals surface area contributed by atoms with Crippen molar-refractivity contribution in [3.63, 3.8) is 0 Å². The molecule has 0 spiro atoms. The quantitative estimate of drug-likeness (QED) is 0.681. The van der Waals surface area contributed by atoms with Crippen LogP contribution in [0.3, 0.4) is 0 Å². The van der Waals surface area contributed by atoms with E-state index in [1.807, 2.05) is 12.1 Å². The molecule has 1 heterocycles. The van der Waals surface area contributed by atoms with Crippen LogP contribution in [0.4, 0.5) is 5.69 Å². The second kappa shape index (κ2) is 3.56. The first-order valence-electron chi connectivity index (χ1n) is 4.51. The van der Waals surface area contributed by atoms with Crippen LogP contribution in [0, 0.1) is 0 Å². The highest BCUT2D eigenvalue weighted by Crippen LogP contribution is 2.22. The van der Waals surface area contributed by atoms with Gasteiger partial charge < -0.3 is 5.01 Å². The SMILES string of the molecule is CN1CCCN1c1ccc(Cl)cc1. The summed E-state index contributed by atoms with van der Waals surface area (Å²) in [6.45, 7) is 2.25. The number of hydrazine groups is 1. The molecule has 70 valence electrons. The number of halogens is 1. The highest BCUT2D eigenvalue weighted by molar-refractivity contribution is 6.30. The minimum absolute atomic E-state index is 0.797. The minimum Gasteiger partial charge on any atom is -0.306 e. The third-order valence-corrected chi connectivity index (χ3v) is 2.64. The summed E-state index contributed by atoms with van der Waals surface area (Å²) in [5.41, 5.74) is 1.23. The molecule has 0 aromatic heterocycles. The van der Waals surface area contributed by atoms with Crippen molar-refractivity contribution in [3.8, 4) is 0 Å². The van der Waals surface area contributed by atoms with Crippen LogP contribution in [-0.2, 0) is 0 Å². The molecule has 1 aromatic rings. The van der Waals surface area contributed by atoms with Crippen LogP contribution in [0.25, 0.3) is 0 Å². The van der Waals surface area contributed by atoms with E-state index >= 15 is 0 Å². The van der Waals surface area contributed by atoms with Gasteiger partial charge in [-0.05, 0) is 30.7 Å². The molecule has 0 atom stereocenters. The maximum absolute atomic E-state index is 5.82. The van der Waals surface area contributed by atoms with Crippen LogP contribution in [0.15, 0.2) is 24.3 Å². The van der Waals surface area contributed by atoms with Gasteiger partial charge in [0.2, 0.25) is 0 Å². The van der Waals surface area contributed by atoms with Crippen LogP contribution in [0.5, 0.6) is 0 Å². The molecule has 13 heavy (non-hydrogen) atoms. The van der Waals surface area contributed by atoms with Crippen molar-refractivity contribution in [2.75, 3.05) is 25.1 Å². The molecule has 0 radical (unpaired) electrons. The van der Waals surface area contributed by atoms with E-state index in [2.05, 4.69) is 29.2 Å². The van der Waals surface area contributed by atoms with Gasteiger partial charge in [-0.1, -0.05) is 11.6 Å². The molecule has 1 fully saturated rings. The summed E-state index contributed by atoms with van der Waals surface area (Å²) >= 11 is 5.82. The van der Waals surface area contributed by atoms with E-state index in [9.17, 15) is 0 Å². The van der Waals surface area contributed by atoms with Crippen molar-refractivity contribution in [2.24, 2.45) is 0 Å². The summed E-state index contributed by atoms with van der Waals surface area (Å²) in [7, 11) is 2.11. The first-order chi connectivity index (χ1) is 6.27. The first-order valence-corrected chi connectivity index (χ1v) is 4.89. The van der Waals surface area contributed by atoms with Crippen molar-refractivity contribution in [2.45, 2.75) is 6.42 Å². The maximum Gasteiger partial charge on any atom is 0.0523 e. The predicted octanol–water partition coefficient (Wildman–Crippen LogP) is 2.40. The Morgan fingerprint density at radius 2 is 1.85 bits per heavy atom. The molecule has 1 aliphatic rings. The second-order valence-electron chi connectivity index (χ2n) is 3.33. The third-order valence-electron chi connectivity index (χ3n) is 2.39. The van der Waals surface area contributed by atoms with Gasteiger partial charge in [-0.15, -0.1) is 0 Å². The Morgan fingerprint density at radius 1 is 1.15 bits per heavy atom. The van der Waals surface area contributed by atoms with Crippen LogP contribution in [-0.4, -0.2) is 25.1 Å². The zero-order chi connectivity index (χ0) is 9.26. The number of hydrogen-bond acceptors (Lipinski definition) is 2. The van der Waals surface area contributed by atoms with E-state index in [-0.39, 0.29) is 0 Å².